The summed E-state index contributed by atoms with van der Waals surface area (Å²) in [4.78, 5) is 8.63. The minimum atomic E-state index is -0.180. The van der Waals surface area contributed by atoms with Gasteiger partial charge < -0.3 is 5.32 Å². The third-order valence-corrected chi connectivity index (χ3v) is 4.67. The number of benzene rings is 1. The van der Waals surface area contributed by atoms with Crippen molar-refractivity contribution >= 4 is 27.4 Å². The molecule has 0 aliphatic heterocycles. The molecule has 2 heterocycles. The van der Waals surface area contributed by atoms with Crippen molar-refractivity contribution in [2.45, 2.75) is 26.8 Å². The lowest BCUT2D eigenvalue weighted by atomic mass is 10.1. The van der Waals surface area contributed by atoms with Crippen molar-refractivity contribution in [3.8, 4) is 0 Å². The van der Waals surface area contributed by atoms with E-state index in [1.165, 1.54) is 0 Å². The van der Waals surface area contributed by atoms with E-state index in [1.807, 2.05) is 19.9 Å². The third kappa shape index (κ3) is 2.61. The number of rotatable bonds is 3. The Bertz CT molecular complexity index is 797. The van der Waals surface area contributed by atoms with Gasteiger partial charge in [-0.2, -0.15) is 0 Å². The molecule has 0 saturated heterocycles. The summed E-state index contributed by atoms with van der Waals surface area (Å²) in [6, 6.07) is 5.29. The maximum atomic E-state index is 13.7. The first-order valence-corrected chi connectivity index (χ1v) is 7.65. The zero-order chi connectivity index (χ0) is 15.0. The second kappa shape index (κ2) is 5.41. The Balaban J connectivity index is 1.92. The monoisotopic (exact) mass is 301 g/mol. The predicted octanol–water partition coefficient (Wildman–Crippen LogP) is 4.62. The molecule has 0 fully saturated rings. The van der Waals surface area contributed by atoms with Gasteiger partial charge in [0.2, 0.25) is 0 Å². The van der Waals surface area contributed by atoms with Gasteiger partial charge in [0.05, 0.1) is 16.3 Å². The SMILES string of the molecule is Cc1ccc(C(C)Nc2ncnc3c(C)csc23)cc1F. The Labute approximate surface area is 126 Å². The van der Waals surface area contributed by atoms with Crippen LogP contribution in [0.3, 0.4) is 0 Å². The van der Waals surface area contributed by atoms with Crippen LogP contribution in [0.4, 0.5) is 10.2 Å². The molecule has 21 heavy (non-hydrogen) atoms. The minimum Gasteiger partial charge on any atom is -0.362 e. The van der Waals surface area contributed by atoms with E-state index in [0.29, 0.717) is 5.56 Å². The summed E-state index contributed by atoms with van der Waals surface area (Å²) in [6.45, 7) is 5.80. The van der Waals surface area contributed by atoms with Crippen molar-refractivity contribution in [3.05, 3.63) is 52.4 Å². The van der Waals surface area contributed by atoms with Crippen molar-refractivity contribution in [1.82, 2.24) is 9.97 Å². The van der Waals surface area contributed by atoms with Gasteiger partial charge in [-0.3, -0.25) is 0 Å². The molecule has 5 heteroatoms. The fourth-order valence-electron chi connectivity index (χ4n) is 2.24. The zero-order valence-corrected chi connectivity index (χ0v) is 13.0. The van der Waals surface area contributed by atoms with Gasteiger partial charge in [0.15, 0.2) is 0 Å². The number of anilines is 1. The van der Waals surface area contributed by atoms with E-state index in [4.69, 9.17) is 0 Å². The van der Waals surface area contributed by atoms with Crippen molar-refractivity contribution in [2.75, 3.05) is 5.32 Å². The van der Waals surface area contributed by atoms with Crippen LogP contribution in [0.2, 0.25) is 0 Å². The number of hydrogen-bond acceptors (Lipinski definition) is 4. The van der Waals surface area contributed by atoms with Crippen LogP contribution >= 0.6 is 11.3 Å². The van der Waals surface area contributed by atoms with Gasteiger partial charge in [0.25, 0.3) is 0 Å². The lowest BCUT2D eigenvalue weighted by Gasteiger charge is -2.16. The Morgan fingerprint density at radius 2 is 2.00 bits per heavy atom. The molecule has 0 bridgehead atoms. The molecule has 0 amide bonds. The molecule has 1 atom stereocenters. The van der Waals surface area contributed by atoms with E-state index < -0.39 is 0 Å². The number of hydrogen-bond donors (Lipinski definition) is 1. The molecule has 1 aromatic carbocycles. The molecule has 1 N–H and O–H groups in total. The van der Waals surface area contributed by atoms with Gasteiger partial charge in [-0.1, -0.05) is 12.1 Å². The van der Waals surface area contributed by atoms with E-state index in [-0.39, 0.29) is 11.9 Å². The first kappa shape index (κ1) is 13.9. The maximum absolute atomic E-state index is 13.7. The molecule has 0 aliphatic carbocycles. The number of aromatic nitrogens is 2. The highest BCUT2D eigenvalue weighted by molar-refractivity contribution is 7.18. The highest BCUT2D eigenvalue weighted by Crippen LogP contribution is 2.30. The number of fused-ring (bicyclic) bond motifs is 1. The molecule has 3 aromatic rings. The van der Waals surface area contributed by atoms with Gasteiger partial charge >= 0.3 is 0 Å². The molecule has 2 aromatic heterocycles. The molecule has 108 valence electrons. The molecule has 0 spiro atoms. The van der Waals surface area contributed by atoms with Crippen LogP contribution < -0.4 is 5.32 Å². The van der Waals surface area contributed by atoms with Crippen LogP contribution in [0.1, 0.15) is 29.7 Å². The van der Waals surface area contributed by atoms with Crippen molar-refractivity contribution in [2.24, 2.45) is 0 Å². The number of nitrogens with one attached hydrogen (secondary N) is 1. The molecule has 3 nitrogen and oxygen atoms in total. The summed E-state index contributed by atoms with van der Waals surface area (Å²) in [5.74, 6) is 0.618. The highest BCUT2D eigenvalue weighted by Gasteiger charge is 2.12. The summed E-state index contributed by atoms with van der Waals surface area (Å²) < 4.78 is 14.7. The summed E-state index contributed by atoms with van der Waals surface area (Å²) >= 11 is 1.62. The summed E-state index contributed by atoms with van der Waals surface area (Å²) in [5, 5.41) is 5.42. The number of aryl methyl sites for hydroxylation is 2. The van der Waals surface area contributed by atoms with Crippen LogP contribution in [0.25, 0.3) is 10.2 Å². The largest absolute Gasteiger partial charge is 0.362 e. The molecule has 0 saturated carbocycles. The standard InChI is InChI=1S/C16H16FN3S/c1-9-4-5-12(6-13(9)17)11(3)20-16-15-14(18-8-19-16)10(2)7-21-15/h4-8,11H,1-3H3,(H,18,19,20). The van der Waals surface area contributed by atoms with E-state index in [9.17, 15) is 4.39 Å². The van der Waals surface area contributed by atoms with E-state index in [1.54, 1.807) is 36.7 Å². The van der Waals surface area contributed by atoms with Crippen LogP contribution in [0, 0.1) is 19.7 Å². The van der Waals surface area contributed by atoms with Crippen LogP contribution in [0.15, 0.2) is 29.9 Å². The molecular formula is C16H16FN3S. The zero-order valence-electron chi connectivity index (χ0n) is 12.1. The summed E-state index contributed by atoms with van der Waals surface area (Å²) in [5.41, 5.74) is 3.68. The third-order valence-electron chi connectivity index (χ3n) is 3.58. The quantitative estimate of drug-likeness (QED) is 0.767. The van der Waals surface area contributed by atoms with Gasteiger partial charge in [0, 0.05) is 0 Å². The maximum Gasteiger partial charge on any atom is 0.147 e. The van der Waals surface area contributed by atoms with E-state index >= 15 is 0 Å². The molecule has 1 unspecified atom stereocenters. The topological polar surface area (TPSA) is 37.8 Å². The lowest BCUT2D eigenvalue weighted by Crippen LogP contribution is -2.08. The van der Waals surface area contributed by atoms with Gasteiger partial charge in [0.1, 0.15) is 18.0 Å². The summed E-state index contributed by atoms with van der Waals surface area (Å²) in [7, 11) is 0. The number of halogens is 1. The van der Waals surface area contributed by atoms with Crippen molar-refractivity contribution in [3.63, 3.8) is 0 Å². The van der Waals surface area contributed by atoms with Crippen LogP contribution in [-0.4, -0.2) is 9.97 Å². The van der Waals surface area contributed by atoms with Crippen LogP contribution in [-0.2, 0) is 0 Å². The van der Waals surface area contributed by atoms with Gasteiger partial charge in [-0.25, -0.2) is 14.4 Å². The fourth-order valence-corrected chi connectivity index (χ4v) is 3.19. The molecule has 3 rings (SSSR count). The fraction of sp³-hybridized carbons (Fsp3) is 0.250. The van der Waals surface area contributed by atoms with Gasteiger partial charge in [-0.05, 0) is 48.9 Å². The van der Waals surface area contributed by atoms with E-state index in [0.717, 1.165) is 27.2 Å². The normalized spacial score (nSPS) is 12.6. The number of thiophene rings is 1. The lowest BCUT2D eigenvalue weighted by molar-refractivity contribution is 0.614. The highest BCUT2D eigenvalue weighted by atomic mass is 32.1. The second-order valence-corrected chi connectivity index (χ2v) is 6.07. The van der Waals surface area contributed by atoms with E-state index in [2.05, 4.69) is 20.7 Å². The Kier molecular flexibility index (Phi) is 3.59. The first-order valence-electron chi connectivity index (χ1n) is 6.77. The minimum absolute atomic E-state index is 0.0272. The first-order chi connectivity index (χ1) is 10.1. The van der Waals surface area contributed by atoms with Crippen molar-refractivity contribution in [1.29, 1.82) is 0 Å². The molecule has 0 aliphatic rings. The molecular weight excluding hydrogens is 285 g/mol. The number of nitrogens with zero attached hydrogens (tertiary/aromatic N) is 2. The van der Waals surface area contributed by atoms with Crippen LogP contribution in [0.5, 0.6) is 0 Å². The second-order valence-electron chi connectivity index (χ2n) is 5.19. The smallest absolute Gasteiger partial charge is 0.147 e. The van der Waals surface area contributed by atoms with Gasteiger partial charge in [-0.15, -0.1) is 11.3 Å². The Morgan fingerprint density at radius 1 is 1.19 bits per heavy atom. The van der Waals surface area contributed by atoms with Crippen molar-refractivity contribution < 1.29 is 4.39 Å². The summed E-state index contributed by atoms with van der Waals surface area (Å²) in [6.07, 6.45) is 1.56. The predicted molar refractivity (Wildman–Crippen MR) is 85.3 cm³/mol. The Morgan fingerprint density at radius 3 is 2.76 bits per heavy atom. The average molecular weight is 301 g/mol. The average Bonchev–Trinajstić information content (AvgIpc) is 2.85. The molecule has 0 radical (unpaired) electrons. The Hall–Kier alpha value is -2.01.